The van der Waals surface area contributed by atoms with Gasteiger partial charge in [-0.2, -0.15) is 0 Å². The summed E-state index contributed by atoms with van der Waals surface area (Å²) in [4.78, 5) is 10.9. The van der Waals surface area contributed by atoms with Crippen LogP contribution in [0.3, 0.4) is 0 Å². The minimum Gasteiger partial charge on any atom is -0.379 e. The highest BCUT2D eigenvalue weighted by molar-refractivity contribution is 5.79. The highest BCUT2D eigenvalue weighted by Gasteiger charge is 2.11. The molecule has 1 rings (SSSR count). The molecule has 0 bridgehead atoms. The lowest BCUT2D eigenvalue weighted by Gasteiger charge is -2.12. The van der Waals surface area contributed by atoms with E-state index < -0.39 is 6.04 Å². The molecule has 1 atom stereocenters. The fraction of sp³-hybridized carbons (Fsp3) is 0.417. The molecule has 16 heavy (non-hydrogen) atoms. The fourth-order valence-electron chi connectivity index (χ4n) is 1.34. The second-order valence-electron chi connectivity index (χ2n) is 3.55. The number of hydrogen-bond acceptors (Lipinski definition) is 3. The van der Waals surface area contributed by atoms with Gasteiger partial charge in [0.25, 0.3) is 0 Å². The number of carbonyl (C=O) groups is 1. The van der Waals surface area contributed by atoms with E-state index in [1.807, 2.05) is 30.3 Å². The Bertz CT molecular complexity index is 314. The van der Waals surface area contributed by atoms with Crippen LogP contribution in [0.2, 0.25) is 0 Å². The lowest BCUT2D eigenvalue weighted by molar-refractivity contribution is -0.121. The first-order valence-corrected chi connectivity index (χ1v) is 5.32. The van der Waals surface area contributed by atoms with Crippen LogP contribution in [0.4, 0.5) is 0 Å². The molecule has 4 nitrogen and oxygen atoms in total. The number of rotatable bonds is 7. The summed E-state index contributed by atoms with van der Waals surface area (Å²) in [6.45, 7) is 0.911. The van der Waals surface area contributed by atoms with E-state index in [0.29, 0.717) is 13.2 Å². The second-order valence-corrected chi connectivity index (χ2v) is 3.55. The molecule has 0 radical (unpaired) electrons. The van der Waals surface area contributed by atoms with Crippen molar-refractivity contribution in [3.05, 3.63) is 35.9 Å². The maximum Gasteiger partial charge on any atom is 0.236 e. The van der Waals surface area contributed by atoms with Gasteiger partial charge in [-0.25, -0.2) is 0 Å². The second kappa shape index (κ2) is 6.98. The van der Waals surface area contributed by atoms with Gasteiger partial charge >= 0.3 is 0 Å². The number of nitrogens with one attached hydrogen (secondary N) is 1. The van der Waals surface area contributed by atoms with E-state index in [1.165, 1.54) is 5.56 Å². The summed E-state index contributed by atoms with van der Waals surface area (Å²) in [5.74, 6) is -0.387. The molecule has 1 unspecified atom stereocenters. The van der Waals surface area contributed by atoms with Crippen LogP contribution in [0.5, 0.6) is 0 Å². The topological polar surface area (TPSA) is 64.3 Å². The van der Waals surface area contributed by atoms with Crippen molar-refractivity contribution in [3.8, 4) is 0 Å². The van der Waals surface area contributed by atoms with Crippen LogP contribution >= 0.6 is 0 Å². The molecule has 1 aromatic carbocycles. The Balaban J connectivity index is 2.19. The van der Waals surface area contributed by atoms with Gasteiger partial charge in [0.2, 0.25) is 5.91 Å². The predicted molar refractivity (Wildman–Crippen MR) is 63.0 cm³/mol. The lowest BCUT2D eigenvalue weighted by atomic mass is 10.2. The van der Waals surface area contributed by atoms with Gasteiger partial charge in [-0.05, 0) is 19.0 Å². The van der Waals surface area contributed by atoms with Gasteiger partial charge in [0.05, 0.1) is 13.2 Å². The Morgan fingerprint density at radius 3 is 2.69 bits per heavy atom. The van der Waals surface area contributed by atoms with Crippen LogP contribution in [0.25, 0.3) is 0 Å². The Morgan fingerprint density at radius 2 is 2.12 bits per heavy atom. The van der Waals surface area contributed by atoms with Crippen molar-refractivity contribution >= 4 is 5.91 Å². The molecule has 3 N–H and O–H groups in total. The Labute approximate surface area is 95.8 Å². The van der Waals surface area contributed by atoms with Gasteiger partial charge in [-0.3, -0.25) is 4.79 Å². The molecular weight excluding hydrogens is 204 g/mol. The van der Waals surface area contributed by atoms with E-state index in [4.69, 9.17) is 10.5 Å². The average Bonchev–Trinajstić information content (AvgIpc) is 2.30. The van der Waals surface area contributed by atoms with Crippen LogP contribution in [-0.2, 0) is 16.0 Å². The monoisotopic (exact) mass is 222 g/mol. The molecule has 0 aliphatic carbocycles. The lowest BCUT2D eigenvalue weighted by Crippen LogP contribution is -2.42. The summed E-state index contributed by atoms with van der Waals surface area (Å²) >= 11 is 0. The minimum absolute atomic E-state index is 0.318. The Morgan fingerprint density at radius 1 is 1.44 bits per heavy atom. The van der Waals surface area contributed by atoms with E-state index in [-0.39, 0.29) is 5.91 Å². The number of carbonyl (C=O) groups excluding carboxylic acids is 1. The number of nitrogens with two attached hydrogens (primary N) is 1. The Hall–Kier alpha value is -1.39. The quantitative estimate of drug-likeness (QED) is 0.653. The van der Waals surface area contributed by atoms with Crippen molar-refractivity contribution in [2.24, 2.45) is 5.73 Å². The van der Waals surface area contributed by atoms with Crippen molar-refractivity contribution in [3.63, 3.8) is 0 Å². The summed E-state index contributed by atoms with van der Waals surface area (Å²) in [6, 6.07) is 9.66. The zero-order valence-corrected chi connectivity index (χ0v) is 9.48. The van der Waals surface area contributed by atoms with Crippen molar-refractivity contribution in [2.45, 2.75) is 12.5 Å². The molecule has 0 aliphatic heterocycles. The summed E-state index contributed by atoms with van der Waals surface area (Å²) in [7, 11) is 1.69. The number of ether oxygens (including phenoxy) is 1. The molecule has 0 saturated heterocycles. The molecule has 0 saturated carbocycles. The molecular formula is C12H18N2O2. The third-order valence-corrected chi connectivity index (χ3v) is 2.35. The molecule has 88 valence electrons. The fourth-order valence-corrected chi connectivity index (χ4v) is 1.34. The highest BCUT2D eigenvalue weighted by atomic mass is 16.5. The van der Waals surface area contributed by atoms with Gasteiger partial charge in [-0.15, -0.1) is 0 Å². The van der Waals surface area contributed by atoms with Gasteiger partial charge in [0.1, 0.15) is 6.04 Å². The van der Waals surface area contributed by atoms with Crippen LogP contribution in [0, 0.1) is 0 Å². The minimum atomic E-state index is -0.407. The van der Waals surface area contributed by atoms with Crippen LogP contribution in [0.15, 0.2) is 30.3 Å². The number of primary amides is 1. The standard InChI is InChI=1S/C12H18N2O2/c1-14-11(12(13)15)9-16-8-7-10-5-3-2-4-6-10/h2-6,11,14H,7-9H2,1H3,(H2,13,15). The summed E-state index contributed by atoms with van der Waals surface area (Å²) in [6.07, 6.45) is 0.843. The van der Waals surface area contributed by atoms with Gasteiger partial charge < -0.3 is 15.8 Å². The maximum absolute atomic E-state index is 10.9. The molecule has 4 heteroatoms. The largest absolute Gasteiger partial charge is 0.379 e. The van der Waals surface area contributed by atoms with E-state index in [2.05, 4.69) is 5.32 Å². The predicted octanol–water partition coefficient (Wildman–Crippen LogP) is 0.319. The first-order chi connectivity index (χ1) is 7.74. The summed E-state index contributed by atoms with van der Waals surface area (Å²) in [5.41, 5.74) is 6.38. The van der Waals surface area contributed by atoms with Gasteiger partial charge in [0, 0.05) is 0 Å². The van der Waals surface area contributed by atoms with Crippen molar-refractivity contribution in [2.75, 3.05) is 20.3 Å². The first-order valence-electron chi connectivity index (χ1n) is 5.32. The molecule has 0 aromatic heterocycles. The third-order valence-electron chi connectivity index (χ3n) is 2.35. The molecule has 1 aromatic rings. The first kappa shape index (κ1) is 12.7. The molecule has 0 heterocycles. The zero-order valence-electron chi connectivity index (χ0n) is 9.48. The van der Waals surface area contributed by atoms with E-state index in [9.17, 15) is 4.79 Å². The Kier molecular flexibility index (Phi) is 5.53. The average molecular weight is 222 g/mol. The van der Waals surface area contributed by atoms with Crippen molar-refractivity contribution in [1.29, 1.82) is 0 Å². The smallest absolute Gasteiger partial charge is 0.236 e. The molecule has 0 aliphatic rings. The number of hydrogen-bond donors (Lipinski definition) is 2. The molecule has 0 fully saturated rings. The van der Waals surface area contributed by atoms with Gasteiger partial charge in [-0.1, -0.05) is 30.3 Å². The van der Waals surface area contributed by atoms with Crippen molar-refractivity contribution < 1.29 is 9.53 Å². The van der Waals surface area contributed by atoms with Crippen LogP contribution in [-0.4, -0.2) is 32.2 Å². The molecule has 0 spiro atoms. The number of likely N-dealkylation sites (N-methyl/N-ethyl adjacent to an activating group) is 1. The SMILES string of the molecule is CNC(COCCc1ccccc1)C(N)=O. The summed E-state index contributed by atoms with van der Waals surface area (Å²) < 4.78 is 5.39. The van der Waals surface area contributed by atoms with Crippen LogP contribution < -0.4 is 11.1 Å². The van der Waals surface area contributed by atoms with E-state index in [0.717, 1.165) is 6.42 Å². The third kappa shape index (κ3) is 4.42. The molecule has 1 amide bonds. The normalized spacial score (nSPS) is 12.3. The van der Waals surface area contributed by atoms with E-state index >= 15 is 0 Å². The maximum atomic E-state index is 10.9. The van der Waals surface area contributed by atoms with Gasteiger partial charge in [0.15, 0.2) is 0 Å². The number of benzene rings is 1. The highest BCUT2D eigenvalue weighted by Crippen LogP contribution is 1.99. The number of amides is 1. The van der Waals surface area contributed by atoms with E-state index in [1.54, 1.807) is 7.05 Å². The summed E-state index contributed by atoms with van der Waals surface area (Å²) in [5, 5.41) is 2.80. The van der Waals surface area contributed by atoms with Crippen LogP contribution in [0.1, 0.15) is 5.56 Å². The van der Waals surface area contributed by atoms with Crippen molar-refractivity contribution in [1.82, 2.24) is 5.32 Å². The zero-order chi connectivity index (χ0) is 11.8.